The molecule has 2 heterocycles. The van der Waals surface area contributed by atoms with Crippen molar-refractivity contribution in [2.24, 2.45) is 0 Å². The van der Waals surface area contributed by atoms with Gasteiger partial charge in [-0.1, -0.05) is 0 Å². The smallest absolute Gasteiger partial charge is 0.407 e. The third-order valence-electron chi connectivity index (χ3n) is 4.34. The number of rotatable bonds is 7. The van der Waals surface area contributed by atoms with E-state index in [1.165, 1.54) is 12.0 Å². The summed E-state index contributed by atoms with van der Waals surface area (Å²) in [5.41, 5.74) is 0.514. The molecule has 0 saturated carbocycles. The van der Waals surface area contributed by atoms with Gasteiger partial charge in [-0.15, -0.1) is 0 Å². The number of hydrogen-bond acceptors (Lipinski definition) is 7. The average Bonchev–Trinajstić information content (AvgIpc) is 2.66. The summed E-state index contributed by atoms with van der Waals surface area (Å²) in [5.74, 6) is -1.07. The number of aromatic amines is 1. The number of ether oxygens (including phenoxy) is 2. The molecule has 0 fully saturated rings. The van der Waals surface area contributed by atoms with Gasteiger partial charge in [0.2, 0.25) is 5.91 Å². The number of aryl methyl sites for hydroxylation is 1. The number of amides is 2. The molecule has 2 aromatic rings. The summed E-state index contributed by atoms with van der Waals surface area (Å²) in [6.45, 7) is 6.87. The van der Waals surface area contributed by atoms with Crippen LogP contribution < -0.4 is 10.9 Å². The fourth-order valence-corrected chi connectivity index (χ4v) is 2.80. The molecule has 0 aromatic carbocycles. The second-order valence-corrected chi connectivity index (χ2v) is 8.01. The van der Waals surface area contributed by atoms with Crippen LogP contribution in [0, 0.1) is 6.92 Å². The average molecular weight is 432 g/mol. The summed E-state index contributed by atoms with van der Waals surface area (Å²) in [6, 6.07) is 3.43. The van der Waals surface area contributed by atoms with E-state index in [4.69, 9.17) is 4.74 Å². The Balaban J connectivity index is 2.12. The quantitative estimate of drug-likeness (QED) is 0.631. The number of nitrogens with one attached hydrogen (secondary N) is 2. The van der Waals surface area contributed by atoms with Gasteiger partial charge in [0.05, 0.1) is 13.5 Å². The van der Waals surface area contributed by atoms with E-state index in [2.05, 4.69) is 20.0 Å². The van der Waals surface area contributed by atoms with Gasteiger partial charge in [0.25, 0.3) is 5.56 Å². The molecule has 0 spiro atoms. The predicted octanol–water partition coefficient (Wildman–Crippen LogP) is 1.30. The van der Waals surface area contributed by atoms with E-state index < -0.39 is 29.1 Å². The maximum Gasteiger partial charge on any atom is 0.407 e. The van der Waals surface area contributed by atoms with Crippen molar-refractivity contribution in [1.82, 2.24) is 20.2 Å². The Morgan fingerprint density at radius 3 is 2.61 bits per heavy atom. The Morgan fingerprint density at radius 1 is 1.26 bits per heavy atom. The van der Waals surface area contributed by atoms with Gasteiger partial charge in [0.1, 0.15) is 17.8 Å². The first kappa shape index (κ1) is 23.8. The minimum absolute atomic E-state index is 0.0409. The molecule has 2 aromatic heterocycles. The number of alkyl carbamates (subject to hydrolysis) is 1. The maximum atomic E-state index is 12.8. The Morgan fingerprint density at radius 2 is 1.97 bits per heavy atom. The highest BCUT2D eigenvalue weighted by molar-refractivity contribution is 5.85. The lowest BCUT2D eigenvalue weighted by Crippen LogP contribution is -2.43. The lowest BCUT2D eigenvalue weighted by atomic mass is 10.1. The number of fused-ring (bicyclic) bond motifs is 1. The van der Waals surface area contributed by atoms with Crippen LogP contribution in [0.1, 0.15) is 31.9 Å². The van der Waals surface area contributed by atoms with Crippen LogP contribution >= 0.6 is 0 Å². The minimum atomic E-state index is -0.657. The predicted molar refractivity (Wildman–Crippen MR) is 114 cm³/mol. The van der Waals surface area contributed by atoms with Crippen molar-refractivity contribution in [2.75, 3.05) is 26.7 Å². The lowest BCUT2D eigenvalue weighted by molar-refractivity contribution is -0.146. The summed E-state index contributed by atoms with van der Waals surface area (Å²) in [7, 11) is 1.22. The van der Waals surface area contributed by atoms with Crippen molar-refractivity contribution in [3.05, 3.63) is 39.8 Å². The van der Waals surface area contributed by atoms with Crippen molar-refractivity contribution in [3.8, 4) is 0 Å². The van der Waals surface area contributed by atoms with Crippen LogP contribution in [-0.2, 0) is 25.5 Å². The molecule has 0 aliphatic rings. The summed E-state index contributed by atoms with van der Waals surface area (Å²) in [6.07, 6.45) is 0.740. The molecule has 31 heavy (non-hydrogen) atoms. The normalized spacial score (nSPS) is 11.1. The van der Waals surface area contributed by atoms with E-state index in [1.54, 1.807) is 39.1 Å². The molecule has 10 heteroatoms. The van der Waals surface area contributed by atoms with Crippen molar-refractivity contribution < 1.29 is 23.9 Å². The molecule has 0 bridgehead atoms. The van der Waals surface area contributed by atoms with Gasteiger partial charge in [0, 0.05) is 30.2 Å². The topological polar surface area (TPSA) is 131 Å². The number of carbonyl (C=O) groups is 3. The van der Waals surface area contributed by atoms with E-state index >= 15 is 0 Å². The fraction of sp³-hybridized carbons (Fsp3) is 0.476. The summed E-state index contributed by atoms with van der Waals surface area (Å²) in [5, 5.41) is 3.27. The Bertz CT molecular complexity index is 1020. The first-order chi connectivity index (χ1) is 14.5. The van der Waals surface area contributed by atoms with E-state index in [0.29, 0.717) is 5.65 Å². The lowest BCUT2D eigenvalue weighted by Gasteiger charge is -2.23. The van der Waals surface area contributed by atoms with Crippen LogP contribution in [-0.4, -0.2) is 65.2 Å². The van der Waals surface area contributed by atoms with Gasteiger partial charge < -0.3 is 24.7 Å². The minimum Gasteiger partial charge on any atom is -0.468 e. The van der Waals surface area contributed by atoms with Crippen molar-refractivity contribution >= 4 is 29.0 Å². The fourth-order valence-electron chi connectivity index (χ4n) is 2.80. The van der Waals surface area contributed by atoms with Gasteiger partial charge in [-0.2, -0.15) is 0 Å². The molecule has 0 atom stereocenters. The number of hydrogen-bond donors (Lipinski definition) is 2. The molecule has 0 aliphatic heterocycles. The number of esters is 1. The monoisotopic (exact) mass is 432 g/mol. The van der Waals surface area contributed by atoms with E-state index in [0.717, 1.165) is 10.9 Å². The summed E-state index contributed by atoms with van der Waals surface area (Å²) >= 11 is 0. The molecule has 2 N–H and O–H groups in total. The second kappa shape index (κ2) is 10.1. The number of aromatic nitrogens is 2. The van der Waals surface area contributed by atoms with Crippen LogP contribution in [0.15, 0.2) is 23.1 Å². The van der Waals surface area contributed by atoms with Gasteiger partial charge in [-0.25, -0.2) is 9.78 Å². The maximum absolute atomic E-state index is 12.8. The molecule has 10 nitrogen and oxygen atoms in total. The third-order valence-corrected chi connectivity index (χ3v) is 4.34. The van der Waals surface area contributed by atoms with Crippen molar-refractivity contribution in [2.45, 2.75) is 39.7 Å². The zero-order valence-electron chi connectivity index (χ0n) is 18.4. The molecule has 0 aliphatic carbocycles. The van der Waals surface area contributed by atoms with Crippen LogP contribution in [0.4, 0.5) is 4.79 Å². The van der Waals surface area contributed by atoms with E-state index in [-0.39, 0.29) is 31.6 Å². The van der Waals surface area contributed by atoms with Gasteiger partial charge >= 0.3 is 12.1 Å². The Kier molecular flexibility index (Phi) is 7.73. The highest BCUT2D eigenvalue weighted by Crippen LogP contribution is 2.14. The molecule has 0 saturated heterocycles. The SMILES string of the molecule is COC(=O)CN(CCNC(=O)OC(C)(C)C)C(=O)Cc1cc2c(C)ccnc2[nH]c1=O. The molecule has 0 radical (unpaired) electrons. The van der Waals surface area contributed by atoms with Gasteiger partial charge in [0.15, 0.2) is 0 Å². The number of H-pyrrole nitrogens is 1. The number of methoxy groups -OCH3 is 1. The van der Waals surface area contributed by atoms with E-state index in [9.17, 15) is 19.2 Å². The third kappa shape index (κ3) is 7.09. The number of nitrogens with zero attached hydrogens (tertiary/aromatic N) is 2. The van der Waals surface area contributed by atoms with Crippen molar-refractivity contribution in [3.63, 3.8) is 0 Å². The Hall–Kier alpha value is -3.43. The second-order valence-electron chi connectivity index (χ2n) is 8.01. The highest BCUT2D eigenvalue weighted by Gasteiger charge is 2.21. The first-order valence-electron chi connectivity index (χ1n) is 9.79. The van der Waals surface area contributed by atoms with E-state index in [1.807, 2.05) is 6.92 Å². The molecular formula is C21H28N4O6. The summed E-state index contributed by atoms with van der Waals surface area (Å²) in [4.78, 5) is 56.8. The van der Waals surface area contributed by atoms with Crippen molar-refractivity contribution in [1.29, 1.82) is 0 Å². The zero-order chi connectivity index (χ0) is 23.2. The van der Waals surface area contributed by atoms with Crippen LogP contribution in [0.3, 0.4) is 0 Å². The van der Waals surface area contributed by atoms with Gasteiger partial charge in [-0.3, -0.25) is 14.4 Å². The largest absolute Gasteiger partial charge is 0.468 e. The molecule has 168 valence electrons. The van der Waals surface area contributed by atoms with Crippen LogP contribution in [0.5, 0.6) is 0 Å². The molecule has 2 rings (SSSR count). The van der Waals surface area contributed by atoms with Crippen LogP contribution in [0.25, 0.3) is 11.0 Å². The number of pyridine rings is 2. The molecular weight excluding hydrogens is 404 g/mol. The summed E-state index contributed by atoms with van der Waals surface area (Å²) < 4.78 is 9.80. The highest BCUT2D eigenvalue weighted by atomic mass is 16.6. The first-order valence-corrected chi connectivity index (χ1v) is 9.79. The number of carbonyl (C=O) groups excluding carboxylic acids is 3. The molecule has 0 unspecified atom stereocenters. The standard InChI is InChI=1S/C21H28N4O6/c1-13-6-7-22-18-15(13)10-14(19(28)24-18)11-16(26)25(12-17(27)30-5)9-8-23-20(29)31-21(2,3)4/h6-7,10H,8-9,11-12H2,1-5H3,(H,23,29)(H,22,24,28). The van der Waals surface area contributed by atoms with Gasteiger partial charge in [-0.05, 0) is 45.4 Å². The van der Waals surface area contributed by atoms with Crippen LogP contribution in [0.2, 0.25) is 0 Å². The zero-order valence-corrected chi connectivity index (χ0v) is 18.4. The Labute approximate surface area is 179 Å². The molecule has 2 amide bonds.